The molecule has 1 aliphatic rings. The number of piperidine rings is 1. The minimum absolute atomic E-state index is 0.0344. The van der Waals surface area contributed by atoms with Crippen LogP contribution in [0.4, 0.5) is 27.6 Å². The number of anilines is 4. The van der Waals surface area contributed by atoms with E-state index in [0.717, 1.165) is 31.7 Å². The first kappa shape index (κ1) is 25.6. The smallest absolute Gasteiger partial charge is 0.320 e. The van der Waals surface area contributed by atoms with Crippen molar-refractivity contribution < 1.29 is 28.2 Å². The predicted octanol–water partition coefficient (Wildman–Crippen LogP) is 5.08. The topological polar surface area (TPSA) is 143 Å². The number of benzene rings is 2. The lowest BCUT2D eigenvalue weighted by Crippen LogP contribution is -2.34. The molecule has 0 spiro atoms. The third-order valence-electron chi connectivity index (χ3n) is 6.18. The Balaban J connectivity index is 1.12. The van der Waals surface area contributed by atoms with Crippen molar-refractivity contribution in [2.45, 2.75) is 19.3 Å². The number of carbonyl (C=O) groups is 2. The Kier molecular flexibility index (Phi) is 7.62. The molecule has 5 rings (SSSR count). The summed E-state index contributed by atoms with van der Waals surface area (Å²) < 4.78 is 24.1. The molecule has 1 saturated heterocycles. The van der Waals surface area contributed by atoms with E-state index in [4.69, 9.17) is 14.3 Å². The van der Waals surface area contributed by atoms with Crippen LogP contribution in [0, 0.1) is 11.7 Å². The molecule has 0 saturated carbocycles. The van der Waals surface area contributed by atoms with E-state index in [1.54, 1.807) is 42.6 Å². The van der Waals surface area contributed by atoms with Crippen molar-refractivity contribution in [3.8, 4) is 11.5 Å². The molecule has 0 bridgehead atoms. The fraction of sp³-hybridized carbons (Fsp3) is 0.222. The van der Waals surface area contributed by atoms with Crippen molar-refractivity contribution in [2.24, 2.45) is 5.92 Å². The van der Waals surface area contributed by atoms with Gasteiger partial charge >= 0.3 is 23.8 Å². The number of hydrogen-bond acceptors (Lipinski definition) is 9. The molecular formula is C27H25FN6O5. The highest BCUT2D eigenvalue weighted by atomic mass is 19.1. The van der Waals surface area contributed by atoms with Gasteiger partial charge in [0.15, 0.2) is 0 Å². The second-order valence-corrected chi connectivity index (χ2v) is 9.01. The zero-order valence-electron chi connectivity index (χ0n) is 20.7. The highest BCUT2D eigenvalue weighted by molar-refractivity contribution is 6.00. The zero-order valence-corrected chi connectivity index (χ0v) is 20.7. The molecule has 0 unspecified atom stereocenters. The summed E-state index contributed by atoms with van der Waals surface area (Å²) in [7, 11) is 0. The van der Waals surface area contributed by atoms with Gasteiger partial charge in [0.1, 0.15) is 23.1 Å². The number of halogens is 1. The van der Waals surface area contributed by atoms with Gasteiger partial charge in [0.2, 0.25) is 0 Å². The maximum atomic E-state index is 13.0. The molecular weight excluding hydrogens is 507 g/mol. The fourth-order valence-electron chi connectivity index (χ4n) is 4.18. The maximum Gasteiger partial charge on any atom is 0.320 e. The van der Waals surface area contributed by atoms with Gasteiger partial charge in [0.05, 0.1) is 11.9 Å². The Hall–Kier alpha value is -5.00. The van der Waals surface area contributed by atoms with Crippen LogP contribution in [0.25, 0.3) is 0 Å². The van der Waals surface area contributed by atoms with E-state index < -0.39 is 11.9 Å². The Morgan fingerprint density at radius 1 is 0.974 bits per heavy atom. The lowest BCUT2D eigenvalue weighted by Gasteiger charge is -2.32. The summed E-state index contributed by atoms with van der Waals surface area (Å²) in [5, 5.41) is 22.2. The summed E-state index contributed by atoms with van der Waals surface area (Å²) in [6.07, 6.45) is 3.34. The van der Waals surface area contributed by atoms with Crippen molar-refractivity contribution in [1.29, 1.82) is 0 Å². The Morgan fingerprint density at radius 2 is 1.64 bits per heavy atom. The van der Waals surface area contributed by atoms with Gasteiger partial charge in [-0.1, -0.05) is 5.10 Å². The summed E-state index contributed by atoms with van der Waals surface area (Å²) in [5.74, 6) is 0.104. The van der Waals surface area contributed by atoms with Gasteiger partial charge in [-0.2, -0.15) is 0 Å². The maximum absolute atomic E-state index is 13.0. The number of rotatable bonds is 9. The second kappa shape index (κ2) is 11.6. The first-order chi connectivity index (χ1) is 18.9. The van der Waals surface area contributed by atoms with Gasteiger partial charge in [0, 0.05) is 25.2 Å². The molecule has 12 heteroatoms. The molecule has 1 aliphatic heterocycles. The number of pyridine rings is 1. The van der Waals surface area contributed by atoms with Crippen LogP contribution in [-0.4, -0.2) is 45.3 Å². The van der Waals surface area contributed by atoms with Crippen LogP contribution in [-0.2, 0) is 4.79 Å². The van der Waals surface area contributed by atoms with Gasteiger partial charge in [-0.25, -0.2) is 9.37 Å². The minimum Gasteiger partial charge on any atom is -0.481 e. The van der Waals surface area contributed by atoms with Crippen molar-refractivity contribution in [2.75, 3.05) is 28.6 Å². The molecule has 2 aromatic carbocycles. The van der Waals surface area contributed by atoms with Crippen LogP contribution < -0.4 is 20.3 Å². The highest BCUT2D eigenvalue weighted by Crippen LogP contribution is 2.26. The third kappa shape index (κ3) is 6.86. The summed E-state index contributed by atoms with van der Waals surface area (Å²) >= 11 is 0. The first-order valence-corrected chi connectivity index (χ1v) is 12.3. The molecule has 3 heterocycles. The van der Waals surface area contributed by atoms with Crippen LogP contribution in [0.15, 0.2) is 71.3 Å². The summed E-state index contributed by atoms with van der Waals surface area (Å²) in [6, 6.07) is 16.1. The van der Waals surface area contributed by atoms with Crippen LogP contribution in [0.5, 0.6) is 11.5 Å². The summed E-state index contributed by atoms with van der Waals surface area (Å²) in [6.45, 7) is 1.47. The fourth-order valence-corrected chi connectivity index (χ4v) is 4.18. The SMILES string of the molecule is O=C(O)CC1CCN(c2ccc(NC(=O)c3nnc(Nc4ccc(Oc5ccc(F)cc5)cc4)o3)cn2)CC1. The summed E-state index contributed by atoms with van der Waals surface area (Å²) in [5.41, 5.74) is 1.10. The van der Waals surface area contributed by atoms with Crippen molar-refractivity contribution in [3.05, 3.63) is 78.6 Å². The lowest BCUT2D eigenvalue weighted by atomic mass is 9.94. The van der Waals surface area contributed by atoms with Crippen LogP contribution in [0.1, 0.15) is 29.9 Å². The number of nitrogens with one attached hydrogen (secondary N) is 2. The number of aromatic nitrogens is 3. The van der Waals surface area contributed by atoms with Gasteiger partial charge in [0.25, 0.3) is 0 Å². The number of carbonyl (C=O) groups excluding carboxylic acids is 1. The van der Waals surface area contributed by atoms with Crippen LogP contribution in [0.3, 0.4) is 0 Å². The first-order valence-electron chi connectivity index (χ1n) is 12.3. The number of aliphatic carboxylic acids is 1. The van der Waals surface area contributed by atoms with Gasteiger partial charge in [-0.15, -0.1) is 5.10 Å². The molecule has 200 valence electrons. The van der Waals surface area contributed by atoms with E-state index >= 15 is 0 Å². The van der Waals surface area contributed by atoms with E-state index in [-0.39, 0.29) is 30.1 Å². The van der Waals surface area contributed by atoms with E-state index in [2.05, 4.69) is 30.7 Å². The Labute approximate surface area is 222 Å². The molecule has 0 aliphatic carbocycles. The number of hydrogen-bond donors (Lipinski definition) is 3. The van der Waals surface area contributed by atoms with E-state index in [9.17, 15) is 14.0 Å². The molecule has 2 aromatic heterocycles. The normalized spacial score (nSPS) is 13.6. The molecule has 39 heavy (non-hydrogen) atoms. The van der Waals surface area contributed by atoms with E-state index in [0.29, 0.717) is 22.9 Å². The van der Waals surface area contributed by atoms with Crippen LogP contribution >= 0.6 is 0 Å². The molecule has 3 N–H and O–H groups in total. The number of carboxylic acids is 1. The Bertz CT molecular complexity index is 1420. The minimum atomic E-state index is -0.764. The number of amides is 1. The van der Waals surface area contributed by atoms with Crippen LogP contribution in [0.2, 0.25) is 0 Å². The average Bonchev–Trinajstić information content (AvgIpc) is 3.40. The number of carboxylic acid groups (broad SMARTS) is 1. The standard InChI is InChI=1S/C27H25FN6O5/c28-18-1-6-21(7-2-18)38-22-8-3-19(4-9-22)31-27-33-32-26(39-27)25(37)30-20-5-10-23(29-16-20)34-13-11-17(12-14-34)15-24(35)36/h1-10,16-17H,11-15H2,(H,30,37)(H,31,33)(H,35,36). The molecule has 0 radical (unpaired) electrons. The monoisotopic (exact) mass is 532 g/mol. The molecule has 1 amide bonds. The lowest BCUT2D eigenvalue weighted by molar-refractivity contribution is -0.138. The van der Waals surface area contributed by atoms with Crippen molar-refractivity contribution in [1.82, 2.24) is 15.2 Å². The quantitative estimate of drug-likeness (QED) is 0.267. The zero-order chi connectivity index (χ0) is 27.2. The van der Waals surface area contributed by atoms with Gasteiger partial charge in [-0.3, -0.25) is 9.59 Å². The molecule has 11 nitrogen and oxygen atoms in total. The largest absolute Gasteiger partial charge is 0.481 e. The van der Waals surface area contributed by atoms with Crippen molar-refractivity contribution >= 4 is 35.1 Å². The van der Waals surface area contributed by atoms with Gasteiger partial charge < -0.3 is 29.8 Å². The van der Waals surface area contributed by atoms with Gasteiger partial charge in [-0.05, 0) is 79.4 Å². The average molecular weight is 533 g/mol. The number of ether oxygens (including phenoxy) is 1. The van der Waals surface area contributed by atoms with Crippen molar-refractivity contribution in [3.63, 3.8) is 0 Å². The second-order valence-electron chi connectivity index (χ2n) is 9.01. The molecule has 0 atom stereocenters. The van der Waals surface area contributed by atoms with E-state index in [1.165, 1.54) is 24.3 Å². The van der Waals surface area contributed by atoms with E-state index in [1.807, 2.05) is 0 Å². The highest BCUT2D eigenvalue weighted by Gasteiger charge is 2.22. The molecule has 4 aromatic rings. The Morgan fingerprint density at radius 3 is 2.28 bits per heavy atom. The molecule has 1 fully saturated rings. The third-order valence-corrected chi connectivity index (χ3v) is 6.18. The summed E-state index contributed by atoms with van der Waals surface area (Å²) in [4.78, 5) is 30.0. The number of nitrogens with zero attached hydrogens (tertiary/aromatic N) is 4. The predicted molar refractivity (Wildman–Crippen MR) is 140 cm³/mol.